The quantitative estimate of drug-likeness (QED) is 0.680. The summed E-state index contributed by atoms with van der Waals surface area (Å²) in [4.78, 5) is 12.2. The number of hydrogen-bond donors (Lipinski definition) is 1. The van der Waals surface area contributed by atoms with E-state index in [0.717, 1.165) is 5.56 Å². The molecule has 0 saturated carbocycles. The summed E-state index contributed by atoms with van der Waals surface area (Å²) < 4.78 is 16.0. The second-order valence-electron chi connectivity index (χ2n) is 4.74. The first kappa shape index (κ1) is 14.9. The van der Waals surface area contributed by atoms with Gasteiger partial charge in [0.1, 0.15) is 5.75 Å². The Morgan fingerprint density at radius 2 is 2.09 bits per heavy atom. The van der Waals surface area contributed by atoms with Crippen LogP contribution in [-0.4, -0.2) is 25.5 Å². The highest BCUT2D eigenvalue weighted by Crippen LogP contribution is 2.31. The molecule has 118 valence electrons. The largest absolute Gasteiger partial charge is 0.493 e. The molecular formula is C17H16N2O4. The zero-order valence-electron chi connectivity index (χ0n) is 12.6. The van der Waals surface area contributed by atoms with E-state index >= 15 is 0 Å². The average molecular weight is 312 g/mol. The van der Waals surface area contributed by atoms with Crippen LogP contribution in [0.15, 0.2) is 47.6 Å². The Kier molecular flexibility index (Phi) is 4.42. The van der Waals surface area contributed by atoms with Crippen molar-refractivity contribution in [2.24, 2.45) is 5.10 Å². The predicted octanol–water partition coefficient (Wildman–Crippen LogP) is 2.58. The van der Waals surface area contributed by atoms with Crippen LogP contribution in [0.1, 0.15) is 22.8 Å². The van der Waals surface area contributed by atoms with Crippen molar-refractivity contribution in [2.45, 2.75) is 6.92 Å². The lowest BCUT2D eigenvalue weighted by Crippen LogP contribution is -2.18. The van der Waals surface area contributed by atoms with Crippen molar-refractivity contribution in [3.05, 3.63) is 53.6 Å². The third-order valence-electron chi connectivity index (χ3n) is 3.21. The highest BCUT2D eigenvalue weighted by Gasteiger charge is 2.13. The Morgan fingerprint density at radius 1 is 1.26 bits per heavy atom. The molecule has 1 N–H and O–H groups in total. The standard InChI is InChI=1S/C17H16N2O4/c1-2-21-14-6-4-3-5-13(14)17(20)19-18-10-12-7-8-15-16(9-12)23-11-22-15/h3-10H,2,11H2,1H3,(H,19,20)/b18-10-. The van der Waals surface area contributed by atoms with Crippen molar-refractivity contribution in [3.63, 3.8) is 0 Å². The number of ether oxygens (including phenoxy) is 3. The van der Waals surface area contributed by atoms with Gasteiger partial charge in [-0.15, -0.1) is 0 Å². The first-order chi connectivity index (χ1) is 11.3. The molecule has 23 heavy (non-hydrogen) atoms. The monoisotopic (exact) mass is 312 g/mol. The van der Waals surface area contributed by atoms with E-state index in [2.05, 4.69) is 10.5 Å². The summed E-state index contributed by atoms with van der Waals surface area (Å²) in [5, 5.41) is 3.97. The molecule has 0 saturated heterocycles. The van der Waals surface area contributed by atoms with Crippen LogP contribution in [0.3, 0.4) is 0 Å². The number of carbonyl (C=O) groups excluding carboxylic acids is 1. The minimum atomic E-state index is -0.328. The SMILES string of the molecule is CCOc1ccccc1C(=O)N/N=C\c1ccc2c(c1)OCO2. The van der Waals surface area contributed by atoms with Gasteiger partial charge in [-0.1, -0.05) is 12.1 Å². The molecule has 0 bridgehead atoms. The van der Waals surface area contributed by atoms with E-state index in [9.17, 15) is 4.79 Å². The van der Waals surface area contributed by atoms with Gasteiger partial charge in [-0.2, -0.15) is 5.10 Å². The summed E-state index contributed by atoms with van der Waals surface area (Å²) in [5.41, 5.74) is 3.73. The van der Waals surface area contributed by atoms with Crippen LogP contribution in [0.4, 0.5) is 0 Å². The summed E-state index contributed by atoms with van der Waals surface area (Å²) in [6.07, 6.45) is 1.54. The first-order valence-corrected chi connectivity index (χ1v) is 7.23. The summed E-state index contributed by atoms with van der Waals surface area (Å²) in [5.74, 6) is 1.58. The number of nitrogens with zero attached hydrogens (tertiary/aromatic N) is 1. The van der Waals surface area contributed by atoms with Crippen molar-refractivity contribution in [1.82, 2.24) is 5.43 Å². The lowest BCUT2D eigenvalue weighted by atomic mass is 10.2. The number of hydrogen-bond acceptors (Lipinski definition) is 5. The molecule has 0 atom stereocenters. The second-order valence-corrected chi connectivity index (χ2v) is 4.74. The van der Waals surface area contributed by atoms with Crippen LogP contribution in [0.5, 0.6) is 17.2 Å². The molecule has 6 heteroatoms. The van der Waals surface area contributed by atoms with Crippen LogP contribution in [-0.2, 0) is 0 Å². The maximum atomic E-state index is 12.2. The summed E-state index contributed by atoms with van der Waals surface area (Å²) in [6.45, 7) is 2.58. The van der Waals surface area contributed by atoms with Gasteiger partial charge in [-0.05, 0) is 42.8 Å². The molecule has 0 spiro atoms. The van der Waals surface area contributed by atoms with Crippen LogP contribution < -0.4 is 19.6 Å². The Hall–Kier alpha value is -3.02. The Morgan fingerprint density at radius 3 is 2.96 bits per heavy atom. The van der Waals surface area contributed by atoms with Crippen LogP contribution in [0.25, 0.3) is 0 Å². The number of rotatable bonds is 5. The van der Waals surface area contributed by atoms with Crippen LogP contribution in [0, 0.1) is 0 Å². The van der Waals surface area contributed by atoms with Gasteiger partial charge in [0.2, 0.25) is 6.79 Å². The smallest absolute Gasteiger partial charge is 0.275 e. The second kappa shape index (κ2) is 6.83. The molecule has 3 rings (SSSR count). The van der Waals surface area contributed by atoms with Crippen molar-refractivity contribution >= 4 is 12.1 Å². The van der Waals surface area contributed by atoms with E-state index < -0.39 is 0 Å². The third kappa shape index (κ3) is 3.42. The van der Waals surface area contributed by atoms with Crippen molar-refractivity contribution in [1.29, 1.82) is 0 Å². The molecule has 1 amide bonds. The molecule has 2 aromatic rings. The van der Waals surface area contributed by atoms with Crippen LogP contribution in [0.2, 0.25) is 0 Å². The highest BCUT2D eigenvalue weighted by atomic mass is 16.7. The maximum Gasteiger partial charge on any atom is 0.275 e. The molecule has 0 aromatic heterocycles. The Bertz CT molecular complexity index is 743. The fourth-order valence-electron chi connectivity index (χ4n) is 2.15. The summed E-state index contributed by atoms with van der Waals surface area (Å²) >= 11 is 0. The molecule has 0 aliphatic carbocycles. The molecule has 2 aromatic carbocycles. The first-order valence-electron chi connectivity index (χ1n) is 7.23. The minimum absolute atomic E-state index is 0.223. The van der Waals surface area contributed by atoms with Gasteiger partial charge in [0, 0.05) is 0 Å². The molecular weight excluding hydrogens is 296 g/mol. The Labute approximate surface area is 133 Å². The Balaban J connectivity index is 1.67. The van der Waals surface area contributed by atoms with Gasteiger partial charge in [-0.3, -0.25) is 4.79 Å². The summed E-state index contributed by atoms with van der Waals surface area (Å²) in [7, 11) is 0. The van der Waals surface area contributed by atoms with Gasteiger partial charge in [0.15, 0.2) is 11.5 Å². The number of benzene rings is 2. The van der Waals surface area contributed by atoms with E-state index in [1.807, 2.05) is 19.1 Å². The van der Waals surface area contributed by atoms with E-state index in [0.29, 0.717) is 29.4 Å². The topological polar surface area (TPSA) is 69.2 Å². The van der Waals surface area contributed by atoms with E-state index in [4.69, 9.17) is 14.2 Å². The highest BCUT2D eigenvalue weighted by molar-refractivity contribution is 5.97. The van der Waals surface area contributed by atoms with E-state index in [1.165, 1.54) is 0 Å². The molecule has 1 aliphatic heterocycles. The van der Waals surface area contributed by atoms with Crippen molar-refractivity contribution in [3.8, 4) is 17.2 Å². The molecule has 0 fully saturated rings. The van der Waals surface area contributed by atoms with Gasteiger partial charge in [-0.25, -0.2) is 5.43 Å². The molecule has 6 nitrogen and oxygen atoms in total. The average Bonchev–Trinajstić information content (AvgIpc) is 3.03. The summed E-state index contributed by atoms with van der Waals surface area (Å²) in [6, 6.07) is 12.5. The van der Waals surface area contributed by atoms with Gasteiger partial charge in [0.05, 0.1) is 18.4 Å². The number of amides is 1. The van der Waals surface area contributed by atoms with Gasteiger partial charge >= 0.3 is 0 Å². The van der Waals surface area contributed by atoms with Crippen molar-refractivity contribution < 1.29 is 19.0 Å². The number of carbonyl (C=O) groups is 1. The van der Waals surface area contributed by atoms with Gasteiger partial charge in [0.25, 0.3) is 5.91 Å². The number of para-hydroxylation sites is 1. The van der Waals surface area contributed by atoms with Gasteiger partial charge < -0.3 is 14.2 Å². The third-order valence-corrected chi connectivity index (χ3v) is 3.21. The molecule has 1 aliphatic rings. The van der Waals surface area contributed by atoms with Crippen molar-refractivity contribution in [2.75, 3.05) is 13.4 Å². The fourth-order valence-corrected chi connectivity index (χ4v) is 2.15. The lowest BCUT2D eigenvalue weighted by Gasteiger charge is -2.08. The lowest BCUT2D eigenvalue weighted by molar-refractivity contribution is 0.0951. The minimum Gasteiger partial charge on any atom is -0.493 e. The van der Waals surface area contributed by atoms with Crippen LogP contribution >= 0.6 is 0 Å². The molecule has 0 radical (unpaired) electrons. The fraction of sp³-hybridized carbons (Fsp3) is 0.176. The van der Waals surface area contributed by atoms with E-state index in [1.54, 1.807) is 36.5 Å². The number of nitrogens with one attached hydrogen (secondary N) is 1. The normalized spacial score (nSPS) is 12.4. The van der Waals surface area contributed by atoms with E-state index in [-0.39, 0.29) is 12.7 Å². The molecule has 1 heterocycles. The molecule has 0 unspecified atom stereocenters. The number of fused-ring (bicyclic) bond motifs is 1. The zero-order valence-corrected chi connectivity index (χ0v) is 12.6. The number of hydrazone groups is 1. The zero-order chi connectivity index (χ0) is 16.1. The maximum absolute atomic E-state index is 12.2. The predicted molar refractivity (Wildman–Crippen MR) is 85.2 cm³/mol.